The van der Waals surface area contributed by atoms with Crippen molar-refractivity contribution >= 4 is 40.7 Å². The summed E-state index contributed by atoms with van der Waals surface area (Å²) in [5, 5.41) is 3.77. The quantitative estimate of drug-likeness (QED) is 0.835. The summed E-state index contributed by atoms with van der Waals surface area (Å²) >= 11 is 12.0. The van der Waals surface area contributed by atoms with Gasteiger partial charge in [0.2, 0.25) is 0 Å². The number of anilines is 1. The Morgan fingerprint density at radius 2 is 1.73 bits per heavy atom. The monoisotopic (exact) mass is 392 g/mol. The van der Waals surface area contributed by atoms with Crippen LogP contribution in [0.15, 0.2) is 48.5 Å². The molecule has 1 fully saturated rings. The van der Waals surface area contributed by atoms with Crippen molar-refractivity contribution in [3.8, 4) is 0 Å². The molecule has 1 aliphatic heterocycles. The van der Waals surface area contributed by atoms with Crippen molar-refractivity contribution < 1.29 is 14.5 Å². The predicted octanol–water partition coefficient (Wildman–Crippen LogP) is 1.97. The van der Waals surface area contributed by atoms with Crippen LogP contribution < -0.4 is 10.2 Å². The fourth-order valence-corrected chi connectivity index (χ4v) is 3.32. The predicted molar refractivity (Wildman–Crippen MR) is 103 cm³/mol. The molecule has 5 nitrogen and oxygen atoms in total. The number of nitrogens with zero attached hydrogens (tertiary/aromatic N) is 1. The topological polar surface area (TPSA) is 53.9 Å². The molecular weight excluding hydrogens is 373 g/mol. The van der Waals surface area contributed by atoms with Crippen LogP contribution in [0.4, 0.5) is 5.69 Å². The van der Waals surface area contributed by atoms with E-state index in [-0.39, 0.29) is 11.8 Å². The van der Waals surface area contributed by atoms with Crippen molar-refractivity contribution in [3.63, 3.8) is 0 Å². The summed E-state index contributed by atoms with van der Waals surface area (Å²) in [7, 11) is 0. The van der Waals surface area contributed by atoms with Crippen LogP contribution in [0.1, 0.15) is 10.4 Å². The van der Waals surface area contributed by atoms with E-state index in [2.05, 4.69) is 5.32 Å². The van der Waals surface area contributed by atoms with Crippen LogP contribution in [0.25, 0.3) is 0 Å². The smallest absolute Gasteiger partial charge is 0.279 e. The molecule has 1 heterocycles. The minimum absolute atomic E-state index is 0.0415. The summed E-state index contributed by atoms with van der Waals surface area (Å²) in [6.45, 7) is 3.06. The highest BCUT2D eigenvalue weighted by Gasteiger charge is 2.26. The number of hydrogen-bond acceptors (Lipinski definition) is 2. The van der Waals surface area contributed by atoms with E-state index in [9.17, 15) is 9.59 Å². The lowest BCUT2D eigenvalue weighted by Crippen LogP contribution is -3.15. The summed E-state index contributed by atoms with van der Waals surface area (Å²) in [5.74, 6) is -0.0770. The van der Waals surface area contributed by atoms with Crippen LogP contribution in [0.3, 0.4) is 0 Å². The van der Waals surface area contributed by atoms with E-state index in [4.69, 9.17) is 23.2 Å². The Kier molecular flexibility index (Phi) is 6.14. The van der Waals surface area contributed by atoms with E-state index in [0.717, 1.165) is 18.0 Å². The summed E-state index contributed by atoms with van der Waals surface area (Å²) < 4.78 is 0. The molecule has 2 N–H and O–H groups in total. The lowest BCUT2D eigenvalue weighted by Gasteiger charge is -2.32. The summed E-state index contributed by atoms with van der Waals surface area (Å²) in [5.41, 5.74) is 1.21. The van der Waals surface area contributed by atoms with Crippen molar-refractivity contribution in [1.29, 1.82) is 0 Å². The molecule has 2 aromatic carbocycles. The number of rotatable bonds is 4. The number of halogens is 2. The van der Waals surface area contributed by atoms with E-state index in [1.807, 2.05) is 35.2 Å². The van der Waals surface area contributed by atoms with Gasteiger partial charge in [-0.3, -0.25) is 9.59 Å². The van der Waals surface area contributed by atoms with Gasteiger partial charge in [0.1, 0.15) is 0 Å². The molecule has 7 heteroatoms. The van der Waals surface area contributed by atoms with Crippen LogP contribution in [0, 0.1) is 0 Å². The summed E-state index contributed by atoms with van der Waals surface area (Å²) in [6.07, 6.45) is 0. The molecular formula is C19H20Cl2N3O2+. The largest absolute Gasteiger partial charge is 0.327 e. The summed E-state index contributed by atoms with van der Waals surface area (Å²) in [6, 6.07) is 14.2. The van der Waals surface area contributed by atoms with Crippen molar-refractivity contribution in [2.75, 3.05) is 38.0 Å². The second-order valence-corrected chi connectivity index (χ2v) is 7.10. The highest BCUT2D eigenvalue weighted by Crippen LogP contribution is 2.25. The normalized spacial score (nSPS) is 14.9. The maximum atomic E-state index is 12.4. The van der Waals surface area contributed by atoms with E-state index >= 15 is 0 Å². The Balaban J connectivity index is 1.50. The van der Waals surface area contributed by atoms with Crippen molar-refractivity contribution in [3.05, 3.63) is 64.1 Å². The molecule has 2 aromatic rings. The highest BCUT2D eigenvalue weighted by atomic mass is 35.5. The zero-order valence-electron chi connectivity index (χ0n) is 14.2. The zero-order valence-corrected chi connectivity index (χ0v) is 15.7. The molecule has 1 aliphatic rings. The van der Waals surface area contributed by atoms with E-state index in [0.29, 0.717) is 40.9 Å². The number of benzene rings is 2. The van der Waals surface area contributed by atoms with Crippen LogP contribution >= 0.6 is 23.2 Å². The first-order valence-corrected chi connectivity index (χ1v) is 9.21. The van der Waals surface area contributed by atoms with Gasteiger partial charge in [0, 0.05) is 10.6 Å². The maximum absolute atomic E-state index is 12.4. The third kappa shape index (κ3) is 4.75. The highest BCUT2D eigenvalue weighted by molar-refractivity contribution is 6.35. The molecule has 2 amide bonds. The number of piperazine rings is 1. The Labute approximate surface area is 162 Å². The van der Waals surface area contributed by atoms with Gasteiger partial charge >= 0.3 is 0 Å². The average Bonchev–Trinajstić information content (AvgIpc) is 2.65. The third-order valence-electron chi connectivity index (χ3n) is 4.39. The Morgan fingerprint density at radius 3 is 2.42 bits per heavy atom. The van der Waals surface area contributed by atoms with Gasteiger partial charge < -0.3 is 15.1 Å². The first kappa shape index (κ1) is 18.7. The van der Waals surface area contributed by atoms with Gasteiger partial charge in [0.25, 0.3) is 11.8 Å². The minimum atomic E-state index is -0.119. The first-order chi connectivity index (χ1) is 12.5. The van der Waals surface area contributed by atoms with Crippen LogP contribution in [-0.2, 0) is 4.79 Å². The fraction of sp³-hybridized carbons (Fsp3) is 0.263. The Morgan fingerprint density at radius 1 is 1.04 bits per heavy atom. The van der Waals surface area contributed by atoms with Crippen LogP contribution in [-0.4, -0.2) is 49.4 Å². The molecule has 0 aliphatic carbocycles. The molecule has 26 heavy (non-hydrogen) atoms. The average molecular weight is 393 g/mol. The van der Waals surface area contributed by atoms with E-state index in [1.54, 1.807) is 18.2 Å². The van der Waals surface area contributed by atoms with Crippen LogP contribution in [0.5, 0.6) is 0 Å². The van der Waals surface area contributed by atoms with E-state index < -0.39 is 0 Å². The molecule has 0 aromatic heterocycles. The van der Waals surface area contributed by atoms with Gasteiger partial charge in [0.05, 0.1) is 36.9 Å². The molecule has 0 radical (unpaired) electrons. The molecule has 3 rings (SSSR count). The Bertz CT molecular complexity index is 791. The number of carbonyl (C=O) groups is 2. The molecule has 0 atom stereocenters. The molecule has 0 unspecified atom stereocenters. The van der Waals surface area contributed by atoms with Crippen molar-refractivity contribution in [2.24, 2.45) is 0 Å². The van der Waals surface area contributed by atoms with Gasteiger partial charge in [-0.2, -0.15) is 0 Å². The number of amides is 2. The molecule has 0 saturated carbocycles. The second kappa shape index (κ2) is 8.54. The fourth-order valence-electron chi connectivity index (χ4n) is 2.98. The van der Waals surface area contributed by atoms with Crippen molar-refractivity contribution in [2.45, 2.75) is 0 Å². The molecule has 0 spiro atoms. The lowest BCUT2D eigenvalue weighted by atomic mass is 10.2. The van der Waals surface area contributed by atoms with Gasteiger partial charge in [-0.05, 0) is 30.3 Å². The van der Waals surface area contributed by atoms with Gasteiger partial charge in [0.15, 0.2) is 6.54 Å². The number of hydrogen-bond donors (Lipinski definition) is 2. The molecule has 136 valence electrons. The third-order valence-corrected chi connectivity index (χ3v) is 4.96. The molecule has 1 saturated heterocycles. The Hall–Kier alpha value is -2.08. The SMILES string of the molecule is O=C(C[NH+]1CCN(C(=O)c2ccccc2)CC1)Nc1cc(Cl)ccc1Cl. The molecule has 0 bridgehead atoms. The minimum Gasteiger partial charge on any atom is -0.327 e. The lowest BCUT2D eigenvalue weighted by molar-refractivity contribution is -0.895. The van der Waals surface area contributed by atoms with Crippen LogP contribution in [0.2, 0.25) is 10.0 Å². The van der Waals surface area contributed by atoms with Crippen molar-refractivity contribution in [1.82, 2.24) is 4.90 Å². The number of nitrogens with one attached hydrogen (secondary N) is 2. The first-order valence-electron chi connectivity index (χ1n) is 8.46. The van der Waals surface area contributed by atoms with E-state index in [1.165, 1.54) is 0 Å². The van der Waals surface area contributed by atoms with Gasteiger partial charge in [-0.1, -0.05) is 41.4 Å². The number of carbonyl (C=O) groups excluding carboxylic acids is 2. The second-order valence-electron chi connectivity index (χ2n) is 6.26. The maximum Gasteiger partial charge on any atom is 0.279 e. The summed E-state index contributed by atoms with van der Waals surface area (Å²) in [4.78, 5) is 27.7. The number of quaternary nitrogens is 1. The van der Waals surface area contributed by atoms with Gasteiger partial charge in [-0.15, -0.1) is 0 Å². The zero-order chi connectivity index (χ0) is 18.5. The standard InChI is InChI=1S/C19H19Cl2N3O2/c20-15-6-7-16(21)17(12-15)22-18(25)13-23-8-10-24(11-9-23)19(26)14-4-2-1-3-5-14/h1-7,12H,8-11,13H2,(H,22,25)/p+1. The van der Waals surface area contributed by atoms with Gasteiger partial charge in [-0.25, -0.2) is 0 Å².